The summed E-state index contributed by atoms with van der Waals surface area (Å²) in [6.07, 6.45) is 1.36. The second kappa shape index (κ2) is 7.63. The number of nitrogens with zero attached hydrogens (tertiary/aromatic N) is 2. The molecular weight excluding hydrogens is 376 g/mol. The zero-order chi connectivity index (χ0) is 18.0. The summed E-state index contributed by atoms with van der Waals surface area (Å²) in [4.78, 5) is 19.2. The Hall–Kier alpha value is -1.12. The van der Waals surface area contributed by atoms with E-state index in [1.807, 2.05) is 38.1 Å². The van der Waals surface area contributed by atoms with Crippen LogP contribution in [0.2, 0.25) is 0 Å². The first-order valence-electron chi connectivity index (χ1n) is 8.39. The summed E-state index contributed by atoms with van der Waals surface area (Å²) in [5, 5.41) is 0. The largest absolute Gasteiger partial charge is 0.335 e. The Balaban J connectivity index is 1.69. The summed E-state index contributed by atoms with van der Waals surface area (Å²) in [5.74, 6) is 0.569. The summed E-state index contributed by atoms with van der Waals surface area (Å²) in [6.45, 7) is 4.01. The molecule has 0 saturated carbocycles. The quantitative estimate of drug-likeness (QED) is 0.699. The van der Waals surface area contributed by atoms with Crippen LogP contribution < -0.4 is 0 Å². The van der Waals surface area contributed by atoms with Gasteiger partial charge in [0, 0.05) is 12.1 Å². The highest BCUT2D eigenvalue weighted by Gasteiger charge is 2.36. The number of thioether (sulfide) groups is 1. The van der Waals surface area contributed by atoms with E-state index in [-0.39, 0.29) is 29.5 Å². The molecule has 1 saturated heterocycles. The molecule has 1 fully saturated rings. The van der Waals surface area contributed by atoms with Crippen LogP contribution in [-0.4, -0.2) is 53.6 Å². The standard InChI is InChI=1S/C17H22N2O3S3/c1-3-12(2)19(13-8-9-25(21,22)11-13)16(20)10-23-17-18-14-6-4-5-7-15(14)24-17/h4-7,12-13H,3,8-11H2,1-2H3. The third-order valence-corrected chi connectivity index (χ3v) is 8.46. The van der Waals surface area contributed by atoms with Gasteiger partial charge in [-0.3, -0.25) is 4.79 Å². The van der Waals surface area contributed by atoms with Gasteiger partial charge in [-0.2, -0.15) is 0 Å². The maximum atomic E-state index is 12.8. The van der Waals surface area contributed by atoms with Crippen molar-refractivity contribution in [1.29, 1.82) is 0 Å². The number of sulfone groups is 1. The van der Waals surface area contributed by atoms with Crippen LogP contribution in [0.3, 0.4) is 0 Å². The van der Waals surface area contributed by atoms with E-state index in [2.05, 4.69) is 4.98 Å². The molecule has 1 aromatic carbocycles. The molecule has 2 unspecified atom stereocenters. The lowest BCUT2D eigenvalue weighted by Crippen LogP contribution is -2.47. The summed E-state index contributed by atoms with van der Waals surface area (Å²) in [6, 6.07) is 7.77. The van der Waals surface area contributed by atoms with Crippen molar-refractivity contribution >= 4 is 49.1 Å². The molecular formula is C17H22N2O3S3. The molecule has 0 aliphatic carbocycles. The van der Waals surface area contributed by atoms with Crippen molar-refractivity contribution in [3.8, 4) is 0 Å². The van der Waals surface area contributed by atoms with Crippen LogP contribution in [-0.2, 0) is 14.6 Å². The van der Waals surface area contributed by atoms with E-state index in [1.165, 1.54) is 11.8 Å². The van der Waals surface area contributed by atoms with Crippen LogP contribution in [0, 0.1) is 0 Å². The van der Waals surface area contributed by atoms with E-state index >= 15 is 0 Å². The van der Waals surface area contributed by atoms with E-state index in [0.717, 1.165) is 21.0 Å². The molecule has 1 aliphatic heterocycles. The Morgan fingerprint density at radius 2 is 2.20 bits per heavy atom. The molecule has 0 radical (unpaired) electrons. The number of aromatic nitrogens is 1. The normalized spacial score (nSPS) is 20.6. The van der Waals surface area contributed by atoms with Gasteiger partial charge >= 0.3 is 0 Å². The first kappa shape index (κ1) is 18.7. The van der Waals surface area contributed by atoms with Gasteiger partial charge in [0.15, 0.2) is 14.2 Å². The third kappa shape index (κ3) is 4.35. The van der Waals surface area contributed by atoms with Gasteiger partial charge in [0.1, 0.15) is 0 Å². The van der Waals surface area contributed by atoms with Gasteiger partial charge in [-0.1, -0.05) is 30.8 Å². The zero-order valence-electron chi connectivity index (χ0n) is 14.3. The molecule has 2 aromatic rings. The highest BCUT2D eigenvalue weighted by Crippen LogP contribution is 2.30. The van der Waals surface area contributed by atoms with Crippen LogP contribution in [0.25, 0.3) is 10.2 Å². The Morgan fingerprint density at radius 3 is 2.84 bits per heavy atom. The Morgan fingerprint density at radius 1 is 1.44 bits per heavy atom. The number of benzene rings is 1. The first-order valence-corrected chi connectivity index (χ1v) is 12.0. The number of fused-ring (bicyclic) bond motifs is 1. The lowest BCUT2D eigenvalue weighted by Gasteiger charge is -2.33. The van der Waals surface area contributed by atoms with Gasteiger partial charge in [0.2, 0.25) is 5.91 Å². The number of hydrogen-bond donors (Lipinski definition) is 0. The molecule has 2 heterocycles. The molecule has 0 bridgehead atoms. The first-order chi connectivity index (χ1) is 11.9. The van der Waals surface area contributed by atoms with Crippen molar-refractivity contribution in [3.05, 3.63) is 24.3 Å². The van der Waals surface area contributed by atoms with Gasteiger partial charge in [-0.05, 0) is 31.9 Å². The molecule has 1 aromatic heterocycles. The van der Waals surface area contributed by atoms with Crippen LogP contribution in [0.1, 0.15) is 26.7 Å². The van der Waals surface area contributed by atoms with Crippen molar-refractivity contribution < 1.29 is 13.2 Å². The van der Waals surface area contributed by atoms with Gasteiger partial charge < -0.3 is 4.90 Å². The van der Waals surface area contributed by atoms with Gasteiger partial charge in [0.05, 0.1) is 27.5 Å². The van der Waals surface area contributed by atoms with Crippen molar-refractivity contribution in [2.45, 2.75) is 43.1 Å². The number of hydrogen-bond acceptors (Lipinski definition) is 6. The van der Waals surface area contributed by atoms with Crippen molar-refractivity contribution in [1.82, 2.24) is 9.88 Å². The molecule has 8 heteroatoms. The summed E-state index contributed by atoms with van der Waals surface area (Å²) in [7, 11) is -3.01. The van der Waals surface area contributed by atoms with Crippen molar-refractivity contribution in [2.75, 3.05) is 17.3 Å². The molecule has 0 N–H and O–H groups in total. The Kier molecular flexibility index (Phi) is 5.70. The lowest BCUT2D eigenvalue weighted by atomic mass is 10.1. The van der Waals surface area contributed by atoms with Gasteiger partial charge in [0.25, 0.3) is 0 Å². The summed E-state index contributed by atoms with van der Waals surface area (Å²) >= 11 is 3.02. The zero-order valence-corrected chi connectivity index (χ0v) is 16.8. The summed E-state index contributed by atoms with van der Waals surface area (Å²) < 4.78 is 25.6. The smallest absolute Gasteiger partial charge is 0.233 e. The van der Waals surface area contributed by atoms with Crippen molar-refractivity contribution in [3.63, 3.8) is 0 Å². The average molecular weight is 399 g/mol. The highest BCUT2D eigenvalue weighted by atomic mass is 32.2. The fourth-order valence-corrected chi connectivity index (χ4v) is 6.76. The monoisotopic (exact) mass is 398 g/mol. The summed E-state index contributed by atoms with van der Waals surface area (Å²) in [5.41, 5.74) is 0.947. The Labute approximate surface area is 156 Å². The molecule has 1 aliphatic rings. The highest BCUT2D eigenvalue weighted by molar-refractivity contribution is 8.01. The van der Waals surface area contributed by atoms with Crippen LogP contribution in [0.15, 0.2) is 28.6 Å². The molecule has 1 amide bonds. The molecule has 25 heavy (non-hydrogen) atoms. The number of para-hydroxylation sites is 1. The van der Waals surface area contributed by atoms with Crippen LogP contribution in [0.4, 0.5) is 0 Å². The van der Waals surface area contributed by atoms with Gasteiger partial charge in [-0.15, -0.1) is 11.3 Å². The van der Waals surface area contributed by atoms with E-state index in [1.54, 1.807) is 16.2 Å². The average Bonchev–Trinajstić information content (AvgIpc) is 3.15. The lowest BCUT2D eigenvalue weighted by molar-refractivity contribution is -0.132. The number of thiazole rings is 1. The number of carbonyl (C=O) groups is 1. The molecule has 2 atom stereocenters. The second-order valence-electron chi connectivity index (χ2n) is 6.35. The minimum absolute atomic E-state index is 0.000654. The van der Waals surface area contributed by atoms with Crippen molar-refractivity contribution in [2.24, 2.45) is 0 Å². The predicted octanol–water partition coefficient (Wildman–Crippen LogP) is 3.20. The number of carbonyl (C=O) groups excluding carboxylic acids is 1. The predicted molar refractivity (Wildman–Crippen MR) is 104 cm³/mol. The third-order valence-electron chi connectivity index (χ3n) is 4.55. The molecule has 0 spiro atoms. The van der Waals surface area contributed by atoms with Crippen LogP contribution in [0.5, 0.6) is 0 Å². The minimum Gasteiger partial charge on any atom is -0.335 e. The minimum atomic E-state index is -3.01. The maximum Gasteiger partial charge on any atom is 0.233 e. The maximum absolute atomic E-state index is 12.8. The van der Waals surface area contributed by atoms with Crippen LogP contribution >= 0.6 is 23.1 Å². The van der Waals surface area contributed by atoms with Gasteiger partial charge in [-0.25, -0.2) is 13.4 Å². The topological polar surface area (TPSA) is 67.3 Å². The number of amides is 1. The fraction of sp³-hybridized carbons (Fsp3) is 0.529. The molecule has 136 valence electrons. The van der Waals surface area contributed by atoms with E-state index in [9.17, 15) is 13.2 Å². The Bertz CT molecular complexity index is 830. The molecule has 3 rings (SSSR count). The SMILES string of the molecule is CCC(C)N(C(=O)CSc1nc2ccccc2s1)C1CCS(=O)(=O)C1. The van der Waals surface area contributed by atoms with E-state index < -0.39 is 9.84 Å². The second-order valence-corrected chi connectivity index (χ2v) is 10.8. The molecule has 5 nitrogen and oxygen atoms in total. The number of rotatable bonds is 6. The van der Waals surface area contributed by atoms with E-state index in [4.69, 9.17) is 0 Å². The van der Waals surface area contributed by atoms with E-state index in [0.29, 0.717) is 12.2 Å². The fourth-order valence-electron chi connectivity index (χ4n) is 3.11.